The van der Waals surface area contributed by atoms with E-state index in [2.05, 4.69) is 33.8 Å². The van der Waals surface area contributed by atoms with Crippen LogP contribution in [-0.4, -0.2) is 24.4 Å². The minimum Gasteiger partial charge on any atom is -0.391 e. The van der Waals surface area contributed by atoms with Crippen LogP contribution in [0.4, 0.5) is 0 Å². The minimum absolute atomic E-state index is 0.174. The minimum atomic E-state index is -0.600. The topological polar surface area (TPSA) is 53.2 Å². The maximum atomic E-state index is 10.6. The number of aliphatic hydroxyl groups excluding tert-OH is 1. The van der Waals surface area contributed by atoms with Gasteiger partial charge in [0.15, 0.2) is 0 Å². The Labute approximate surface area is 105 Å². The molecule has 0 saturated carbocycles. The summed E-state index contributed by atoms with van der Waals surface area (Å²) in [6.45, 7) is 9.67. The molecule has 3 heteroatoms. The third kappa shape index (κ3) is 3.00. The van der Waals surface area contributed by atoms with Crippen molar-refractivity contribution in [1.82, 2.24) is 0 Å². The van der Waals surface area contributed by atoms with Crippen molar-refractivity contribution >= 4 is 0 Å². The molecule has 0 bridgehead atoms. The number of hydrogen-bond donors (Lipinski definition) is 1. The molecule has 0 amide bonds. The SMILES string of the molecule is CC(C)C(C(C)C)C(O)C1(C#N)CCOCC1. The van der Waals surface area contributed by atoms with Gasteiger partial charge < -0.3 is 9.84 Å². The van der Waals surface area contributed by atoms with Gasteiger partial charge in [0.05, 0.1) is 17.6 Å². The van der Waals surface area contributed by atoms with Crippen molar-refractivity contribution in [1.29, 1.82) is 5.26 Å². The Hall–Kier alpha value is -0.590. The van der Waals surface area contributed by atoms with Crippen LogP contribution in [0.15, 0.2) is 0 Å². The summed E-state index contributed by atoms with van der Waals surface area (Å²) in [7, 11) is 0. The molecule has 1 heterocycles. The summed E-state index contributed by atoms with van der Waals surface area (Å²) in [5.41, 5.74) is -0.600. The molecule has 0 spiro atoms. The maximum absolute atomic E-state index is 10.6. The molecule has 98 valence electrons. The molecule has 3 nitrogen and oxygen atoms in total. The Morgan fingerprint density at radius 3 is 1.94 bits per heavy atom. The molecule has 0 aromatic heterocycles. The number of ether oxygens (including phenoxy) is 1. The number of nitriles is 1. The van der Waals surface area contributed by atoms with Crippen molar-refractivity contribution in [2.24, 2.45) is 23.2 Å². The highest BCUT2D eigenvalue weighted by molar-refractivity contribution is 5.07. The Morgan fingerprint density at radius 1 is 1.12 bits per heavy atom. The second kappa shape index (κ2) is 5.84. The van der Waals surface area contributed by atoms with Crippen molar-refractivity contribution in [3.8, 4) is 6.07 Å². The Balaban J connectivity index is 2.90. The van der Waals surface area contributed by atoms with Gasteiger partial charge in [-0.05, 0) is 30.6 Å². The van der Waals surface area contributed by atoms with Crippen molar-refractivity contribution in [2.45, 2.75) is 46.6 Å². The average molecular weight is 239 g/mol. The van der Waals surface area contributed by atoms with Crippen LogP contribution in [-0.2, 0) is 4.74 Å². The fraction of sp³-hybridized carbons (Fsp3) is 0.929. The van der Waals surface area contributed by atoms with Crippen LogP contribution >= 0.6 is 0 Å². The first-order chi connectivity index (χ1) is 7.94. The van der Waals surface area contributed by atoms with Crippen molar-refractivity contribution in [3.05, 3.63) is 0 Å². The summed E-state index contributed by atoms with van der Waals surface area (Å²) < 4.78 is 5.32. The molecule has 1 unspecified atom stereocenters. The van der Waals surface area contributed by atoms with E-state index in [4.69, 9.17) is 4.74 Å². The van der Waals surface area contributed by atoms with E-state index >= 15 is 0 Å². The third-order valence-electron chi connectivity index (χ3n) is 4.08. The molecule has 1 aliphatic heterocycles. The van der Waals surface area contributed by atoms with Gasteiger partial charge in [0, 0.05) is 13.2 Å². The monoisotopic (exact) mass is 239 g/mol. The molecule has 1 rings (SSSR count). The van der Waals surface area contributed by atoms with Crippen molar-refractivity contribution in [2.75, 3.05) is 13.2 Å². The summed E-state index contributed by atoms with van der Waals surface area (Å²) >= 11 is 0. The van der Waals surface area contributed by atoms with E-state index in [0.717, 1.165) is 0 Å². The van der Waals surface area contributed by atoms with Gasteiger partial charge in [0.1, 0.15) is 0 Å². The van der Waals surface area contributed by atoms with Crippen molar-refractivity contribution in [3.63, 3.8) is 0 Å². The van der Waals surface area contributed by atoms with Crippen LogP contribution in [0, 0.1) is 34.5 Å². The predicted octanol–water partition coefficient (Wildman–Crippen LogP) is 2.60. The first-order valence-corrected chi connectivity index (χ1v) is 6.61. The van der Waals surface area contributed by atoms with E-state index < -0.39 is 11.5 Å². The van der Waals surface area contributed by atoms with Gasteiger partial charge in [0.2, 0.25) is 0 Å². The fourth-order valence-corrected chi connectivity index (χ4v) is 3.08. The van der Waals surface area contributed by atoms with E-state index in [1.54, 1.807) is 0 Å². The third-order valence-corrected chi connectivity index (χ3v) is 4.08. The van der Waals surface area contributed by atoms with Gasteiger partial charge in [-0.1, -0.05) is 27.7 Å². The van der Waals surface area contributed by atoms with E-state index in [1.807, 2.05) is 0 Å². The van der Waals surface area contributed by atoms with Gasteiger partial charge in [-0.3, -0.25) is 0 Å². The summed E-state index contributed by atoms with van der Waals surface area (Å²) in [6, 6.07) is 2.38. The summed E-state index contributed by atoms with van der Waals surface area (Å²) in [5.74, 6) is 0.948. The largest absolute Gasteiger partial charge is 0.391 e. The standard InChI is InChI=1S/C14H25NO2/c1-10(2)12(11(3)4)13(16)14(9-15)5-7-17-8-6-14/h10-13,16H,5-8H2,1-4H3. The van der Waals surface area contributed by atoms with E-state index in [-0.39, 0.29) is 5.92 Å². The lowest BCUT2D eigenvalue weighted by Crippen LogP contribution is -2.46. The number of rotatable bonds is 4. The lowest BCUT2D eigenvalue weighted by atomic mass is 9.66. The van der Waals surface area contributed by atoms with Crippen LogP contribution in [0.2, 0.25) is 0 Å². The molecule has 0 radical (unpaired) electrons. The van der Waals surface area contributed by atoms with Gasteiger partial charge in [-0.15, -0.1) is 0 Å². The second-order valence-corrected chi connectivity index (χ2v) is 5.89. The zero-order valence-electron chi connectivity index (χ0n) is 11.4. The first kappa shape index (κ1) is 14.5. The molecule has 1 aliphatic rings. The highest BCUT2D eigenvalue weighted by atomic mass is 16.5. The summed E-state index contributed by atoms with van der Waals surface area (Å²) in [4.78, 5) is 0. The maximum Gasteiger partial charge on any atom is 0.0878 e. The molecule has 1 atom stereocenters. The van der Waals surface area contributed by atoms with Gasteiger partial charge in [-0.25, -0.2) is 0 Å². The lowest BCUT2D eigenvalue weighted by Gasteiger charge is -2.41. The smallest absolute Gasteiger partial charge is 0.0878 e. The first-order valence-electron chi connectivity index (χ1n) is 6.61. The summed E-state index contributed by atoms with van der Waals surface area (Å²) in [5, 5.41) is 20.1. The van der Waals surface area contributed by atoms with Crippen LogP contribution in [0.5, 0.6) is 0 Å². The average Bonchev–Trinajstić information content (AvgIpc) is 2.28. The van der Waals surface area contributed by atoms with E-state index in [9.17, 15) is 10.4 Å². The Bertz CT molecular complexity index is 266. The van der Waals surface area contributed by atoms with Crippen LogP contribution < -0.4 is 0 Å². The zero-order chi connectivity index (χ0) is 13.1. The Morgan fingerprint density at radius 2 is 1.59 bits per heavy atom. The molecule has 0 aliphatic carbocycles. The van der Waals surface area contributed by atoms with Crippen molar-refractivity contribution < 1.29 is 9.84 Å². The molecule has 0 aromatic carbocycles. The number of nitrogens with zero attached hydrogens (tertiary/aromatic N) is 1. The number of aliphatic hydroxyl groups is 1. The fourth-order valence-electron chi connectivity index (χ4n) is 3.08. The molecule has 1 fully saturated rings. The normalized spacial score (nSPS) is 21.8. The zero-order valence-corrected chi connectivity index (χ0v) is 11.4. The van der Waals surface area contributed by atoms with Crippen LogP contribution in [0.3, 0.4) is 0 Å². The molecule has 1 N–H and O–H groups in total. The molecule has 1 saturated heterocycles. The molecular formula is C14H25NO2. The van der Waals surface area contributed by atoms with E-state index in [0.29, 0.717) is 37.9 Å². The Kier molecular flexibility index (Phi) is 4.97. The highest BCUT2D eigenvalue weighted by Crippen LogP contribution is 2.41. The lowest BCUT2D eigenvalue weighted by molar-refractivity contribution is -0.0739. The highest BCUT2D eigenvalue weighted by Gasteiger charge is 2.45. The van der Waals surface area contributed by atoms with Crippen LogP contribution in [0.1, 0.15) is 40.5 Å². The molecule has 17 heavy (non-hydrogen) atoms. The molecular weight excluding hydrogens is 214 g/mol. The number of hydrogen-bond acceptors (Lipinski definition) is 3. The van der Waals surface area contributed by atoms with Gasteiger partial charge in [0.25, 0.3) is 0 Å². The summed E-state index contributed by atoms with van der Waals surface area (Å²) in [6.07, 6.45) is 0.762. The second-order valence-electron chi connectivity index (χ2n) is 5.89. The molecule has 0 aromatic rings. The van der Waals surface area contributed by atoms with E-state index in [1.165, 1.54) is 0 Å². The quantitative estimate of drug-likeness (QED) is 0.820. The predicted molar refractivity (Wildman–Crippen MR) is 67.3 cm³/mol. The van der Waals surface area contributed by atoms with Gasteiger partial charge >= 0.3 is 0 Å². The van der Waals surface area contributed by atoms with Crippen LogP contribution in [0.25, 0.3) is 0 Å². The van der Waals surface area contributed by atoms with Gasteiger partial charge in [-0.2, -0.15) is 5.26 Å².